The largest absolute Gasteiger partial charge is 0.379 e. The summed E-state index contributed by atoms with van der Waals surface area (Å²) in [5.74, 6) is 1.04. The molecular formula is C21H27N5O. The maximum absolute atomic E-state index is 5.43. The van der Waals surface area contributed by atoms with Gasteiger partial charge in [-0.25, -0.2) is 4.98 Å². The summed E-state index contributed by atoms with van der Waals surface area (Å²) >= 11 is 0. The molecule has 1 fully saturated rings. The summed E-state index contributed by atoms with van der Waals surface area (Å²) in [6, 6.07) is 10.4. The van der Waals surface area contributed by atoms with Crippen molar-refractivity contribution in [2.75, 3.05) is 44.7 Å². The van der Waals surface area contributed by atoms with Crippen LogP contribution in [0.25, 0.3) is 16.8 Å². The minimum Gasteiger partial charge on any atom is -0.379 e. The van der Waals surface area contributed by atoms with Gasteiger partial charge in [0.1, 0.15) is 5.82 Å². The predicted octanol–water partition coefficient (Wildman–Crippen LogP) is 3.07. The van der Waals surface area contributed by atoms with Crippen LogP contribution in [0.5, 0.6) is 0 Å². The van der Waals surface area contributed by atoms with Gasteiger partial charge in [-0.1, -0.05) is 30.3 Å². The number of benzene rings is 1. The molecule has 6 nitrogen and oxygen atoms in total. The van der Waals surface area contributed by atoms with Crippen LogP contribution in [0.3, 0.4) is 0 Å². The van der Waals surface area contributed by atoms with Gasteiger partial charge in [-0.05, 0) is 26.3 Å². The number of nitrogens with zero attached hydrogens (tertiary/aromatic N) is 4. The lowest BCUT2D eigenvalue weighted by Gasteiger charge is -2.26. The maximum atomic E-state index is 5.43. The lowest BCUT2D eigenvalue weighted by atomic mass is 10.1. The minimum absolute atomic E-state index is 0.830. The average Bonchev–Trinajstić information content (AvgIpc) is 3.02. The Morgan fingerprint density at radius 2 is 1.78 bits per heavy atom. The highest BCUT2D eigenvalue weighted by atomic mass is 16.5. The quantitative estimate of drug-likeness (QED) is 0.753. The summed E-state index contributed by atoms with van der Waals surface area (Å²) in [7, 11) is 0. The van der Waals surface area contributed by atoms with Crippen LogP contribution in [0.15, 0.2) is 30.3 Å². The van der Waals surface area contributed by atoms with Crippen molar-refractivity contribution in [1.29, 1.82) is 0 Å². The molecule has 0 atom stereocenters. The number of aromatic nitrogens is 3. The Morgan fingerprint density at radius 3 is 2.52 bits per heavy atom. The number of rotatable bonds is 5. The maximum Gasteiger partial charge on any atom is 0.165 e. The van der Waals surface area contributed by atoms with Gasteiger partial charge in [0.15, 0.2) is 5.65 Å². The van der Waals surface area contributed by atoms with E-state index in [-0.39, 0.29) is 0 Å². The van der Waals surface area contributed by atoms with Crippen molar-refractivity contribution < 1.29 is 4.74 Å². The molecule has 27 heavy (non-hydrogen) atoms. The molecule has 1 aliphatic rings. The van der Waals surface area contributed by atoms with E-state index in [9.17, 15) is 0 Å². The van der Waals surface area contributed by atoms with Gasteiger partial charge in [-0.2, -0.15) is 9.61 Å². The zero-order valence-corrected chi connectivity index (χ0v) is 16.3. The number of hydrogen-bond donors (Lipinski definition) is 1. The molecule has 3 heterocycles. The summed E-state index contributed by atoms with van der Waals surface area (Å²) in [6.45, 7) is 11.8. The van der Waals surface area contributed by atoms with Gasteiger partial charge < -0.3 is 10.1 Å². The zero-order chi connectivity index (χ0) is 18.8. The van der Waals surface area contributed by atoms with E-state index >= 15 is 0 Å². The third-order valence-electron chi connectivity index (χ3n) is 5.31. The molecule has 0 saturated carbocycles. The predicted molar refractivity (Wildman–Crippen MR) is 108 cm³/mol. The fourth-order valence-corrected chi connectivity index (χ4v) is 3.65. The molecule has 4 rings (SSSR count). The van der Waals surface area contributed by atoms with Crippen LogP contribution >= 0.6 is 0 Å². The van der Waals surface area contributed by atoms with Crippen LogP contribution in [0.1, 0.15) is 17.0 Å². The third-order valence-corrected chi connectivity index (χ3v) is 5.31. The van der Waals surface area contributed by atoms with E-state index < -0.39 is 0 Å². The number of aryl methyl sites for hydroxylation is 2. The molecule has 0 aliphatic carbocycles. The fraction of sp³-hybridized carbons (Fsp3) is 0.429. The SMILES string of the molecule is Cc1nc2c(-c3ccccc3)c(C)nn2c(NCCN2CCOCC2)c1C. The molecule has 2 aromatic heterocycles. The third kappa shape index (κ3) is 3.55. The molecular weight excluding hydrogens is 338 g/mol. The van der Waals surface area contributed by atoms with Crippen LogP contribution in [0.4, 0.5) is 5.82 Å². The first-order valence-electron chi connectivity index (χ1n) is 9.61. The zero-order valence-electron chi connectivity index (χ0n) is 16.3. The Morgan fingerprint density at radius 1 is 1.04 bits per heavy atom. The Labute approximate surface area is 160 Å². The highest BCUT2D eigenvalue weighted by Gasteiger charge is 2.18. The van der Waals surface area contributed by atoms with Crippen molar-refractivity contribution in [1.82, 2.24) is 19.5 Å². The topological polar surface area (TPSA) is 54.7 Å². The van der Waals surface area contributed by atoms with E-state index in [0.717, 1.165) is 78.9 Å². The molecule has 6 heteroatoms. The van der Waals surface area contributed by atoms with Crippen LogP contribution < -0.4 is 5.32 Å². The lowest BCUT2D eigenvalue weighted by Crippen LogP contribution is -2.39. The monoisotopic (exact) mass is 365 g/mol. The highest BCUT2D eigenvalue weighted by Crippen LogP contribution is 2.30. The Bertz CT molecular complexity index is 929. The molecule has 0 amide bonds. The van der Waals surface area contributed by atoms with E-state index in [1.807, 2.05) is 10.6 Å². The van der Waals surface area contributed by atoms with Gasteiger partial charge in [-0.3, -0.25) is 4.90 Å². The number of ether oxygens (including phenoxy) is 1. The van der Waals surface area contributed by atoms with E-state index in [0.29, 0.717) is 0 Å². The first-order chi connectivity index (χ1) is 13.1. The number of hydrogen-bond acceptors (Lipinski definition) is 5. The summed E-state index contributed by atoms with van der Waals surface area (Å²) < 4.78 is 7.40. The van der Waals surface area contributed by atoms with Crippen LogP contribution in [-0.2, 0) is 4.74 Å². The van der Waals surface area contributed by atoms with Crippen molar-refractivity contribution in [3.63, 3.8) is 0 Å². The molecule has 0 bridgehead atoms. The molecule has 0 unspecified atom stereocenters. The second kappa shape index (κ2) is 7.66. The van der Waals surface area contributed by atoms with E-state index in [2.05, 4.69) is 55.3 Å². The average molecular weight is 365 g/mol. The molecule has 0 radical (unpaired) electrons. The van der Waals surface area contributed by atoms with Crippen LogP contribution in [0, 0.1) is 20.8 Å². The summed E-state index contributed by atoms with van der Waals surface area (Å²) in [4.78, 5) is 7.30. The standard InChI is InChI=1S/C21H27N5O/c1-15-16(2)23-21-19(18-7-5-4-6-8-18)17(3)24-26(21)20(15)22-9-10-25-11-13-27-14-12-25/h4-8,22H,9-14H2,1-3H3. The van der Waals surface area contributed by atoms with E-state index in [1.54, 1.807) is 0 Å². The molecule has 142 valence electrons. The van der Waals surface area contributed by atoms with Gasteiger partial charge >= 0.3 is 0 Å². The van der Waals surface area contributed by atoms with Crippen LogP contribution in [-0.4, -0.2) is 58.9 Å². The van der Waals surface area contributed by atoms with Gasteiger partial charge in [-0.15, -0.1) is 0 Å². The minimum atomic E-state index is 0.830. The molecule has 0 spiro atoms. The Balaban J connectivity index is 1.66. The first-order valence-corrected chi connectivity index (χ1v) is 9.61. The van der Waals surface area contributed by atoms with Crippen LogP contribution in [0.2, 0.25) is 0 Å². The van der Waals surface area contributed by atoms with Gasteiger partial charge in [0.2, 0.25) is 0 Å². The molecule has 1 aromatic carbocycles. The Hall–Kier alpha value is -2.44. The number of nitrogens with one attached hydrogen (secondary N) is 1. The Kier molecular flexibility index (Phi) is 5.09. The number of morpholine rings is 1. The second-order valence-electron chi connectivity index (χ2n) is 7.11. The van der Waals surface area contributed by atoms with E-state index in [4.69, 9.17) is 14.8 Å². The van der Waals surface area contributed by atoms with Crippen molar-refractivity contribution in [3.8, 4) is 11.1 Å². The van der Waals surface area contributed by atoms with Gasteiger partial charge in [0, 0.05) is 43.0 Å². The van der Waals surface area contributed by atoms with Crippen molar-refractivity contribution in [2.24, 2.45) is 0 Å². The van der Waals surface area contributed by atoms with Crippen molar-refractivity contribution >= 4 is 11.5 Å². The smallest absolute Gasteiger partial charge is 0.165 e. The van der Waals surface area contributed by atoms with Gasteiger partial charge in [0.25, 0.3) is 0 Å². The molecule has 3 aromatic rings. The second-order valence-corrected chi connectivity index (χ2v) is 7.11. The number of anilines is 1. The molecule has 1 N–H and O–H groups in total. The molecule has 1 saturated heterocycles. The summed E-state index contributed by atoms with van der Waals surface area (Å²) in [6.07, 6.45) is 0. The summed E-state index contributed by atoms with van der Waals surface area (Å²) in [5.41, 5.74) is 6.35. The van der Waals surface area contributed by atoms with Crippen molar-refractivity contribution in [3.05, 3.63) is 47.3 Å². The van der Waals surface area contributed by atoms with Crippen molar-refractivity contribution in [2.45, 2.75) is 20.8 Å². The fourth-order valence-electron chi connectivity index (χ4n) is 3.65. The number of fused-ring (bicyclic) bond motifs is 1. The lowest BCUT2D eigenvalue weighted by molar-refractivity contribution is 0.0398. The highest BCUT2D eigenvalue weighted by molar-refractivity contribution is 5.81. The summed E-state index contributed by atoms with van der Waals surface area (Å²) in [5, 5.41) is 8.43. The normalized spacial score (nSPS) is 15.4. The van der Waals surface area contributed by atoms with Gasteiger partial charge in [0.05, 0.1) is 18.9 Å². The van der Waals surface area contributed by atoms with E-state index in [1.165, 1.54) is 0 Å². The first kappa shape index (κ1) is 17.9. The molecule has 1 aliphatic heterocycles.